The quantitative estimate of drug-likeness (QED) is 0.335. The summed E-state index contributed by atoms with van der Waals surface area (Å²) in [5, 5.41) is 5.47. The zero-order chi connectivity index (χ0) is 31.6. The number of aliphatic imine (C=N–C) groups is 1. The van der Waals surface area contributed by atoms with Crippen molar-refractivity contribution in [2.75, 3.05) is 25.1 Å². The molecule has 2 aliphatic heterocycles. The standard InChI is InChI=1S/C34H38N4O6/c1-7-42-26-15-22-16-33(3,4)38-29(28(22)24-17-34(5,6)44-30(24)26)20-11-12-23(32(41)36-19-27(39)43-8-2)25(14-20)37-31(40)21-10-9-13-35-18-21/h9-15,18H,7-8,16-17,19H2,1-6H3,(H,36,41)(H,37,40). The van der Waals surface area contributed by atoms with E-state index >= 15 is 0 Å². The first-order valence-electron chi connectivity index (χ1n) is 14.8. The Hall–Kier alpha value is -4.73. The van der Waals surface area contributed by atoms with E-state index in [0.717, 1.165) is 39.5 Å². The highest BCUT2D eigenvalue weighted by molar-refractivity contribution is 6.18. The Morgan fingerprint density at radius 3 is 2.50 bits per heavy atom. The predicted octanol–water partition coefficient (Wildman–Crippen LogP) is 4.91. The Kier molecular flexibility index (Phi) is 8.45. The maximum absolute atomic E-state index is 13.3. The number of ether oxygens (including phenoxy) is 3. The molecule has 0 fully saturated rings. The van der Waals surface area contributed by atoms with Crippen molar-refractivity contribution in [1.29, 1.82) is 0 Å². The highest BCUT2D eigenvalue weighted by atomic mass is 16.5. The number of rotatable bonds is 9. The molecule has 0 aliphatic carbocycles. The molecule has 0 spiro atoms. The van der Waals surface area contributed by atoms with Gasteiger partial charge in [-0.3, -0.25) is 24.4 Å². The molecule has 2 N–H and O–H groups in total. The van der Waals surface area contributed by atoms with Gasteiger partial charge in [-0.25, -0.2) is 0 Å². The number of carbonyl (C=O) groups excluding carboxylic acids is 3. The molecule has 10 nitrogen and oxygen atoms in total. The molecule has 3 heterocycles. The molecule has 1 aromatic heterocycles. The minimum atomic E-state index is -0.556. The molecule has 230 valence electrons. The van der Waals surface area contributed by atoms with E-state index in [1.54, 1.807) is 37.4 Å². The second-order valence-electron chi connectivity index (χ2n) is 12.1. The normalized spacial score (nSPS) is 15.6. The SMILES string of the molecule is CCOC(=O)CNC(=O)c1ccc(C2=NC(C)(C)Cc3cc(OCC)c4c(c32)CC(C)(C)O4)cc1NC(=O)c1cccnc1. The first-order valence-corrected chi connectivity index (χ1v) is 14.8. The summed E-state index contributed by atoms with van der Waals surface area (Å²) in [4.78, 5) is 47.6. The Morgan fingerprint density at radius 1 is 1.00 bits per heavy atom. The third-order valence-corrected chi connectivity index (χ3v) is 7.39. The number of benzene rings is 2. The van der Waals surface area contributed by atoms with Gasteiger partial charge in [0.05, 0.1) is 41.3 Å². The lowest BCUT2D eigenvalue weighted by molar-refractivity contribution is -0.141. The van der Waals surface area contributed by atoms with Gasteiger partial charge < -0.3 is 24.8 Å². The van der Waals surface area contributed by atoms with Crippen molar-refractivity contribution < 1.29 is 28.6 Å². The van der Waals surface area contributed by atoms with Gasteiger partial charge in [0.2, 0.25) is 0 Å². The van der Waals surface area contributed by atoms with Crippen LogP contribution in [0.2, 0.25) is 0 Å². The molecule has 0 radical (unpaired) electrons. The Bertz CT molecular complexity index is 1650. The minimum absolute atomic E-state index is 0.188. The molecule has 2 amide bonds. The number of pyridine rings is 1. The van der Waals surface area contributed by atoms with E-state index in [2.05, 4.69) is 49.4 Å². The van der Waals surface area contributed by atoms with Crippen molar-refractivity contribution in [3.63, 3.8) is 0 Å². The van der Waals surface area contributed by atoms with E-state index in [-0.39, 0.29) is 24.4 Å². The lowest BCUT2D eigenvalue weighted by Crippen LogP contribution is -2.32. The summed E-state index contributed by atoms with van der Waals surface area (Å²) >= 11 is 0. The number of fused-ring (bicyclic) bond motifs is 3. The maximum atomic E-state index is 13.3. The van der Waals surface area contributed by atoms with Gasteiger partial charge in [-0.2, -0.15) is 0 Å². The monoisotopic (exact) mass is 598 g/mol. The summed E-state index contributed by atoms with van der Waals surface area (Å²) in [5.41, 5.74) is 4.51. The van der Waals surface area contributed by atoms with Crippen molar-refractivity contribution in [3.8, 4) is 11.5 Å². The Morgan fingerprint density at radius 2 is 1.80 bits per heavy atom. The number of hydrogen-bond donors (Lipinski definition) is 2. The van der Waals surface area contributed by atoms with Gasteiger partial charge in [-0.05, 0) is 83.9 Å². The number of hydrogen-bond acceptors (Lipinski definition) is 8. The molecular formula is C34H38N4O6. The molecule has 0 saturated heterocycles. The van der Waals surface area contributed by atoms with Crippen LogP contribution >= 0.6 is 0 Å². The first-order chi connectivity index (χ1) is 20.9. The van der Waals surface area contributed by atoms with Crippen molar-refractivity contribution >= 4 is 29.2 Å². The molecular weight excluding hydrogens is 560 g/mol. The van der Waals surface area contributed by atoms with Gasteiger partial charge in [-0.1, -0.05) is 6.07 Å². The number of carbonyl (C=O) groups is 3. The molecule has 0 saturated carbocycles. The maximum Gasteiger partial charge on any atom is 0.325 e. The van der Waals surface area contributed by atoms with Gasteiger partial charge in [0.1, 0.15) is 12.1 Å². The fourth-order valence-corrected chi connectivity index (χ4v) is 5.69. The van der Waals surface area contributed by atoms with E-state index in [4.69, 9.17) is 19.2 Å². The fourth-order valence-electron chi connectivity index (χ4n) is 5.69. The van der Waals surface area contributed by atoms with E-state index < -0.39 is 28.9 Å². The third-order valence-electron chi connectivity index (χ3n) is 7.39. The predicted molar refractivity (Wildman–Crippen MR) is 167 cm³/mol. The zero-order valence-electron chi connectivity index (χ0n) is 26.0. The molecule has 3 aromatic rings. The van der Waals surface area contributed by atoms with E-state index in [1.165, 1.54) is 6.20 Å². The third kappa shape index (κ3) is 6.44. The average molecular weight is 599 g/mol. The van der Waals surface area contributed by atoms with Crippen LogP contribution < -0.4 is 20.1 Å². The van der Waals surface area contributed by atoms with Crippen LogP contribution in [-0.4, -0.2) is 59.4 Å². The number of amides is 2. The second-order valence-corrected chi connectivity index (χ2v) is 12.1. The Labute approximate surface area is 257 Å². The molecule has 2 aliphatic rings. The van der Waals surface area contributed by atoms with Gasteiger partial charge in [0.25, 0.3) is 11.8 Å². The van der Waals surface area contributed by atoms with Gasteiger partial charge >= 0.3 is 5.97 Å². The van der Waals surface area contributed by atoms with Crippen molar-refractivity contribution in [2.24, 2.45) is 4.99 Å². The lowest BCUT2D eigenvalue weighted by atomic mass is 9.80. The smallest absolute Gasteiger partial charge is 0.325 e. The van der Waals surface area contributed by atoms with Crippen LogP contribution in [0.4, 0.5) is 5.69 Å². The minimum Gasteiger partial charge on any atom is -0.490 e. The summed E-state index contributed by atoms with van der Waals surface area (Å²) < 4.78 is 17.4. The van der Waals surface area contributed by atoms with E-state index in [1.807, 2.05) is 13.0 Å². The molecule has 2 aromatic carbocycles. The highest BCUT2D eigenvalue weighted by Crippen LogP contribution is 2.48. The van der Waals surface area contributed by atoms with Crippen LogP contribution in [0.15, 0.2) is 53.8 Å². The molecule has 10 heteroatoms. The molecule has 0 atom stereocenters. The Balaban J connectivity index is 1.61. The summed E-state index contributed by atoms with van der Waals surface area (Å²) in [5.74, 6) is -0.0718. The number of aromatic nitrogens is 1. The number of esters is 1. The van der Waals surface area contributed by atoms with Crippen molar-refractivity contribution in [2.45, 2.75) is 65.5 Å². The molecule has 44 heavy (non-hydrogen) atoms. The van der Waals surface area contributed by atoms with Crippen LogP contribution in [0, 0.1) is 0 Å². The van der Waals surface area contributed by atoms with Crippen LogP contribution in [0.3, 0.4) is 0 Å². The van der Waals surface area contributed by atoms with E-state index in [0.29, 0.717) is 25.0 Å². The van der Waals surface area contributed by atoms with E-state index in [9.17, 15) is 14.4 Å². The van der Waals surface area contributed by atoms with Gasteiger partial charge in [0, 0.05) is 35.5 Å². The lowest BCUT2D eigenvalue weighted by Gasteiger charge is -2.31. The van der Waals surface area contributed by atoms with Crippen LogP contribution in [0.1, 0.15) is 84.5 Å². The van der Waals surface area contributed by atoms with Crippen LogP contribution in [-0.2, 0) is 22.4 Å². The van der Waals surface area contributed by atoms with Gasteiger partial charge in [0.15, 0.2) is 11.5 Å². The van der Waals surface area contributed by atoms with Crippen LogP contribution in [0.25, 0.3) is 0 Å². The average Bonchev–Trinajstić information content (AvgIpc) is 3.30. The molecule has 5 rings (SSSR count). The van der Waals surface area contributed by atoms with Gasteiger partial charge in [-0.15, -0.1) is 0 Å². The highest BCUT2D eigenvalue weighted by Gasteiger charge is 2.40. The summed E-state index contributed by atoms with van der Waals surface area (Å²) in [6.07, 6.45) is 4.40. The fraction of sp³-hybridized carbons (Fsp3) is 0.382. The summed E-state index contributed by atoms with van der Waals surface area (Å²) in [6, 6.07) is 10.5. The van der Waals surface area contributed by atoms with Crippen molar-refractivity contribution in [3.05, 3.63) is 82.2 Å². The first kappa shape index (κ1) is 30.7. The molecule has 0 unspecified atom stereocenters. The number of nitrogens with zero attached hydrogens (tertiary/aromatic N) is 2. The zero-order valence-corrected chi connectivity index (χ0v) is 26.0. The summed E-state index contributed by atoms with van der Waals surface area (Å²) in [7, 11) is 0. The van der Waals surface area contributed by atoms with Crippen LogP contribution in [0.5, 0.6) is 11.5 Å². The summed E-state index contributed by atoms with van der Waals surface area (Å²) in [6.45, 7) is 12.3. The number of anilines is 1. The van der Waals surface area contributed by atoms with Crippen molar-refractivity contribution in [1.82, 2.24) is 10.3 Å². The number of nitrogens with one attached hydrogen (secondary N) is 2. The topological polar surface area (TPSA) is 128 Å². The largest absolute Gasteiger partial charge is 0.490 e. The second kappa shape index (κ2) is 12.1. The molecule has 0 bridgehead atoms.